The second-order valence-electron chi connectivity index (χ2n) is 7.25. The van der Waals surface area contributed by atoms with Crippen LogP contribution in [0.2, 0.25) is 0 Å². The van der Waals surface area contributed by atoms with Gasteiger partial charge in [-0.3, -0.25) is 0 Å². The summed E-state index contributed by atoms with van der Waals surface area (Å²) in [4.78, 5) is 10.1. The molecule has 0 saturated carbocycles. The fraction of sp³-hybridized carbons (Fsp3) is 0.938. The Morgan fingerprint density at radius 2 is 1.35 bits per heavy atom. The van der Waals surface area contributed by atoms with Crippen LogP contribution in [0.1, 0.15) is 55.4 Å². The predicted molar refractivity (Wildman–Crippen MR) is 82.9 cm³/mol. The van der Waals surface area contributed by atoms with Crippen LogP contribution >= 0.6 is 0 Å². The normalized spacial score (nSPS) is 15.1. The van der Waals surface area contributed by atoms with E-state index in [0.717, 1.165) is 6.29 Å². The maximum atomic E-state index is 10.1. The van der Waals surface area contributed by atoms with E-state index in [-0.39, 0.29) is 29.6 Å². The Labute approximate surface area is 124 Å². The molecule has 0 rings (SSSR count). The van der Waals surface area contributed by atoms with E-state index >= 15 is 0 Å². The number of aliphatic hydroxyl groups excluding tert-OH is 1. The third-order valence-electron chi connectivity index (χ3n) is 2.12. The van der Waals surface area contributed by atoms with Crippen molar-refractivity contribution in [3.63, 3.8) is 0 Å². The molecule has 0 heterocycles. The molecule has 0 aliphatic heterocycles. The zero-order valence-electron chi connectivity index (χ0n) is 14.5. The lowest BCUT2D eigenvalue weighted by molar-refractivity contribution is -0.114. The van der Waals surface area contributed by atoms with Crippen LogP contribution < -0.4 is 0 Å². The van der Waals surface area contributed by atoms with E-state index < -0.39 is 0 Å². The first-order chi connectivity index (χ1) is 8.91. The van der Waals surface area contributed by atoms with Crippen LogP contribution in [-0.4, -0.2) is 42.4 Å². The Balaban J connectivity index is 0. The number of ether oxygens (including phenoxy) is 2. The van der Waals surface area contributed by atoms with Gasteiger partial charge >= 0.3 is 0 Å². The summed E-state index contributed by atoms with van der Waals surface area (Å²) < 4.78 is 10.8. The lowest BCUT2D eigenvalue weighted by Gasteiger charge is -2.21. The highest BCUT2D eigenvalue weighted by Gasteiger charge is 2.12. The third kappa shape index (κ3) is 19.9. The predicted octanol–water partition coefficient (Wildman–Crippen LogP) is 3.07. The molecule has 1 N–H and O–H groups in total. The SMILES string of the molecule is C[C@H](C=O)COC(C)(C)C.C[C@H](CO)COC(C)(C)C. The molecule has 0 aliphatic rings. The van der Waals surface area contributed by atoms with Gasteiger partial charge in [-0.15, -0.1) is 0 Å². The van der Waals surface area contributed by atoms with Crippen LogP contribution in [0, 0.1) is 11.8 Å². The molecule has 0 unspecified atom stereocenters. The highest BCUT2D eigenvalue weighted by Crippen LogP contribution is 2.09. The van der Waals surface area contributed by atoms with Gasteiger partial charge in [0.05, 0.1) is 24.4 Å². The van der Waals surface area contributed by atoms with E-state index in [1.807, 2.05) is 55.4 Å². The van der Waals surface area contributed by atoms with E-state index in [1.54, 1.807) is 0 Å². The minimum Gasteiger partial charge on any atom is -0.396 e. The number of aliphatic hydroxyl groups is 1. The Kier molecular flexibility index (Phi) is 11.3. The van der Waals surface area contributed by atoms with E-state index in [1.165, 1.54) is 0 Å². The number of aldehydes is 1. The Hall–Kier alpha value is -0.450. The number of hydrogen-bond acceptors (Lipinski definition) is 4. The summed E-state index contributed by atoms with van der Waals surface area (Å²) >= 11 is 0. The molecule has 20 heavy (non-hydrogen) atoms. The van der Waals surface area contributed by atoms with Crippen molar-refractivity contribution in [1.82, 2.24) is 0 Å². The number of hydrogen-bond donors (Lipinski definition) is 1. The van der Waals surface area contributed by atoms with Gasteiger partial charge in [-0.05, 0) is 41.5 Å². The lowest BCUT2D eigenvalue weighted by atomic mass is 10.1. The highest BCUT2D eigenvalue weighted by molar-refractivity contribution is 5.52. The molecule has 122 valence electrons. The van der Waals surface area contributed by atoms with Crippen molar-refractivity contribution in [2.45, 2.75) is 66.6 Å². The summed E-state index contributed by atoms with van der Waals surface area (Å²) in [5, 5.41) is 8.65. The summed E-state index contributed by atoms with van der Waals surface area (Å²) in [5.41, 5.74) is -0.208. The topological polar surface area (TPSA) is 55.8 Å². The van der Waals surface area contributed by atoms with Crippen LogP contribution in [0.4, 0.5) is 0 Å². The molecule has 4 nitrogen and oxygen atoms in total. The van der Waals surface area contributed by atoms with Crippen molar-refractivity contribution in [3.8, 4) is 0 Å². The zero-order valence-corrected chi connectivity index (χ0v) is 14.5. The van der Waals surface area contributed by atoms with Gasteiger partial charge < -0.3 is 19.4 Å². The van der Waals surface area contributed by atoms with Gasteiger partial charge in [0.15, 0.2) is 0 Å². The number of rotatable bonds is 6. The van der Waals surface area contributed by atoms with Crippen LogP contribution in [0.5, 0.6) is 0 Å². The van der Waals surface area contributed by atoms with Gasteiger partial charge in [-0.2, -0.15) is 0 Å². The van der Waals surface area contributed by atoms with Crippen molar-refractivity contribution < 1.29 is 19.4 Å². The maximum Gasteiger partial charge on any atom is 0.125 e. The molecule has 0 aromatic rings. The molecule has 2 atom stereocenters. The fourth-order valence-corrected chi connectivity index (χ4v) is 0.866. The minimum atomic E-state index is -0.128. The van der Waals surface area contributed by atoms with Gasteiger partial charge in [0, 0.05) is 18.4 Å². The molecule has 0 radical (unpaired) electrons. The van der Waals surface area contributed by atoms with Crippen LogP contribution in [0.15, 0.2) is 0 Å². The number of carbonyl (C=O) groups is 1. The van der Waals surface area contributed by atoms with Gasteiger partial charge in [-0.25, -0.2) is 0 Å². The summed E-state index contributed by atoms with van der Waals surface area (Å²) in [6.45, 7) is 17.1. The second kappa shape index (κ2) is 10.3. The molecule has 0 bridgehead atoms. The van der Waals surface area contributed by atoms with Crippen molar-refractivity contribution in [2.75, 3.05) is 19.8 Å². The van der Waals surface area contributed by atoms with Gasteiger partial charge in [0.2, 0.25) is 0 Å². The molecular formula is C16H34O4. The van der Waals surface area contributed by atoms with Gasteiger partial charge in [-0.1, -0.05) is 13.8 Å². The highest BCUT2D eigenvalue weighted by atomic mass is 16.5. The molecule has 0 amide bonds. The van der Waals surface area contributed by atoms with E-state index in [4.69, 9.17) is 14.6 Å². The second-order valence-corrected chi connectivity index (χ2v) is 7.25. The Morgan fingerprint density at radius 1 is 0.950 bits per heavy atom. The molecular weight excluding hydrogens is 256 g/mol. The molecule has 4 heteroatoms. The van der Waals surface area contributed by atoms with Crippen LogP contribution in [0.25, 0.3) is 0 Å². The summed E-state index contributed by atoms with van der Waals surface area (Å²) in [6, 6.07) is 0. The van der Waals surface area contributed by atoms with E-state index in [0.29, 0.717) is 13.2 Å². The van der Waals surface area contributed by atoms with Crippen LogP contribution in [0.3, 0.4) is 0 Å². The molecule has 0 fully saturated rings. The van der Waals surface area contributed by atoms with Crippen molar-refractivity contribution in [3.05, 3.63) is 0 Å². The standard InChI is InChI=1S/C8H18O2.C8H16O2/c2*1-7(5-9)6-10-8(2,3)4/h7,9H,5-6H2,1-4H3;5,7H,6H2,1-4H3/t2*7-/m11/s1. The average molecular weight is 290 g/mol. The Bertz CT molecular complexity index is 238. The first-order valence-corrected chi connectivity index (χ1v) is 7.25. The maximum absolute atomic E-state index is 10.1. The monoisotopic (exact) mass is 290 g/mol. The summed E-state index contributed by atoms with van der Waals surface area (Å²) in [6.07, 6.45) is 0.908. The molecule has 0 aromatic carbocycles. The molecule has 0 saturated heterocycles. The Morgan fingerprint density at radius 3 is 1.65 bits per heavy atom. The summed E-state index contributed by atoms with van der Waals surface area (Å²) in [5.74, 6) is 0.262. The smallest absolute Gasteiger partial charge is 0.125 e. The van der Waals surface area contributed by atoms with E-state index in [9.17, 15) is 4.79 Å². The van der Waals surface area contributed by atoms with Crippen molar-refractivity contribution in [1.29, 1.82) is 0 Å². The van der Waals surface area contributed by atoms with Gasteiger partial charge in [0.25, 0.3) is 0 Å². The third-order valence-corrected chi connectivity index (χ3v) is 2.12. The lowest BCUT2D eigenvalue weighted by Crippen LogP contribution is -2.23. The molecule has 0 aliphatic carbocycles. The van der Waals surface area contributed by atoms with Crippen LogP contribution in [-0.2, 0) is 14.3 Å². The minimum absolute atomic E-state index is 0.0132. The largest absolute Gasteiger partial charge is 0.396 e. The van der Waals surface area contributed by atoms with Crippen molar-refractivity contribution in [2.24, 2.45) is 11.8 Å². The quantitative estimate of drug-likeness (QED) is 0.764. The average Bonchev–Trinajstić information content (AvgIpc) is 2.31. The molecule has 0 aromatic heterocycles. The van der Waals surface area contributed by atoms with Crippen molar-refractivity contribution >= 4 is 6.29 Å². The fourth-order valence-electron chi connectivity index (χ4n) is 0.866. The summed E-state index contributed by atoms with van der Waals surface area (Å²) in [7, 11) is 0. The first-order valence-electron chi connectivity index (χ1n) is 7.25. The number of carbonyl (C=O) groups excluding carboxylic acids is 1. The zero-order chi connectivity index (χ0) is 16.4. The first kappa shape index (κ1) is 21.8. The molecule has 0 spiro atoms. The van der Waals surface area contributed by atoms with Gasteiger partial charge in [0.1, 0.15) is 6.29 Å². The van der Waals surface area contributed by atoms with E-state index in [2.05, 4.69) is 0 Å².